The molecule has 1 heterocycles. The van der Waals surface area contributed by atoms with Crippen molar-refractivity contribution in [1.82, 2.24) is 25.9 Å². The number of hydrogen-bond acceptors (Lipinski definition) is 8. The Morgan fingerprint density at radius 3 is 1.91 bits per heavy atom. The van der Waals surface area contributed by atoms with E-state index in [0.717, 1.165) is 0 Å². The van der Waals surface area contributed by atoms with Crippen LogP contribution >= 0.6 is 0 Å². The minimum Gasteiger partial charge on any atom is -0.480 e. The van der Waals surface area contributed by atoms with Crippen LogP contribution in [0.2, 0.25) is 0 Å². The normalized spacial score (nSPS) is 14.3. The van der Waals surface area contributed by atoms with Gasteiger partial charge in [0.15, 0.2) is 0 Å². The van der Waals surface area contributed by atoms with Gasteiger partial charge in [-0.05, 0) is 6.92 Å². The maximum Gasteiger partial charge on any atom is 0.326 e. The van der Waals surface area contributed by atoms with Crippen LogP contribution in [0.25, 0.3) is 0 Å². The summed E-state index contributed by atoms with van der Waals surface area (Å²) >= 11 is 0. The third-order valence-corrected chi connectivity index (χ3v) is 4.08. The molecule has 0 fully saturated rings. The number of amides is 5. The molecule has 1 aromatic rings. The van der Waals surface area contributed by atoms with Crippen molar-refractivity contribution in [3.63, 3.8) is 0 Å². The zero-order chi connectivity index (χ0) is 24.4. The summed E-state index contributed by atoms with van der Waals surface area (Å²) in [6.07, 6.45) is 1.30. The molecule has 0 saturated carbocycles. The van der Waals surface area contributed by atoms with E-state index in [1.807, 2.05) is 5.32 Å². The van der Waals surface area contributed by atoms with Crippen molar-refractivity contribution in [3.05, 3.63) is 18.2 Å². The molecule has 0 aliphatic heterocycles. The van der Waals surface area contributed by atoms with Crippen molar-refractivity contribution in [2.24, 2.45) is 17.2 Å². The molecule has 15 nitrogen and oxygen atoms in total. The number of H-pyrrole nitrogens is 1. The number of carboxylic acids is 1. The van der Waals surface area contributed by atoms with Gasteiger partial charge in [0, 0.05) is 18.3 Å². The third-order valence-electron chi connectivity index (χ3n) is 4.08. The van der Waals surface area contributed by atoms with Crippen molar-refractivity contribution in [2.75, 3.05) is 0 Å². The number of nitrogens with two attached hydrogens (primary N) is 3. The van der Waals surface area contributed by atoms with Gasteiger partial charge in [-0.3, -0.25) is 24.0 Å². The highest BCUT2D eigenvalue weighted by Crippen LogP contribution is 2.03. The maximum atomic E-state index is 12.8. The van der Waals surface area contributed by atoms with Gasteiger partial charge in [-0.25, -0.2) is 9.78 Å². The Kier molecular flexibility index (Phi) is 9.75. The van der Waals surface area contributed by atoms with Gasteiger partial charge in [-0.2, -0.15) is 0 Å². The van der Waals surface area contributed by atoms with Crippen LogP contribution in [0.15, 0.2) is 12.5 Å². The van der Waals surface area contributed by atoms with E-state index in [1.54, 1.807) is 0 Å². The van der Waals surface area contributed by atoms with Crippen molar-refractivity contribution in [3.8, 4) is 0 Å². The van der Waals surface area contributed by atoms with Gasteiger partial charge < -0.3 is 43.2 Å². The van der Waals surface area contributed by atoms with E-state index in [-0.39, 0.29) is 6.42 Å². The highest BCUT2D eigenvalue weighted by atomic mass is 16.4. The number of rotatable bonds is 13. The number of primary amides is 2. The van der Waals surface area contributed by atoms with Gasteiger partial charge in [0.1, 0.15) is 18.1 Å². The zero-order valence-corrected chi connectivity index (χ0v) is 17.2. The topological polar surface area (TPSA) is 265 Å². The van der Waals surface area contributed by atoms with E-state index in [1.165, 1.54) is 19.4 Å². The minimum absolute atomic E-state index is 0.0609. The smallest absolute Gasteiger partial charge is 0.326 e. The molecule has 0 bridgehead atoms. The summed E-state index contributed by atoms with van der Waals surface area (Å²) in [7, 11) is 0. The van der Waals surface area contributed by atoms with Crippen molar-refractivity contribution >= 4 is 35.5 Å². The highest BCUT2D eigenvalue weighted by molar-refractivity contribution is 5.96. The Morgan fingerprint density at radius 1 is 0.938 bits per heavy atom. The van der Waals surface area contributed by atoms with Gasteiger partial charge in [-0.1, -0.05) is 0 Å². The first-order chi connectivity index (χ1) is 14.9. The van der Waals surface area contributed by atoms with Crippen LogP contribution in [0, 0.1) is 0 Å². The van der Waals surface area contributed by atoms with E-state index in [0.29, 0.717) is 5.69 Å². The molecular weight excluding hydrogens is 428 g/mol. The number of aromatic nitrogens is 2. The first kappa shape index (κ1) is 26.0. The molecule has 5 amide bonds. The summed E-state index contributed by atoms with van der Waals surface area (Å²) in [5.74, 6) is -6.15. The molecule has 1 rings (SSSR count). The summed E-state index contributed by atoms with van der Waals surface area (Å²) in [6.45, 7) is 1.40. The fraction of sp³-hybridized carbons (Fsp3) is 0.471. The molecule has 176 valence electrons. The summed E-state index contributed by atoms with van der Waals surface area (Å²) < 4.78 is 0. The number of aliphatic carboxylic acids is 1. The van der Waals surface area contributed by atoms with Crippen LogP contribution in [0.4, 0.5) is 0 Å². The number of carbonyl (C=O) groups excluding carboxylic acids is 5. The molecule has 0 aromatic carbocycles. The summed E-state index contributed by atoms with van der Waals surface area (Å²) in [4.78, 5) is 77.5. The van der Waals surface area contributed by atoms with Crippen LogP contribution in [-0.2, 0) is 35.2 Å². The number of carbonyl (C=O) groups is 6. The number of nitrogens with one attached hydrogen (secondary N) is 4. The lowest BCUT2D eigenvalue weighted by atomic mass is 10.1. The molecule has 0 saturated heterocycles. The predicted octanol–water partition coefficient (Wildman–Crippen LogP) is -4.41. The average molecular weight is 454 g/mol. The molecule has 0 aliphatic rings. The second-order valence-corrected chi connectivity index (χ2v) is 6.93. The summed E-state index contributed by atoms with van der Waals surface area (Å²) in [5.41, 5.74) is 16.1. The fourth-order valence-electron chi connectivity index (χ4n) is 2.49. The standard InChI is InChI=1S/C17H26N8O7/c1-7(18)14(28)23-9(2-8-5-21-6-22-8)15(29)24-10(3-12(19)26)16(30)25-11(17(31)32)4-13(20)27/h5-7,9-11H,2-4,18H2,1H3,(H2,19,26)(H2,20,27)(H,21,22)(H,23,28)(H,24,29)(H,25,30)(H,31,32). The van der Waals surface area contributed by atoms with Crippen molar-refractivity contribution in [2.45, 2.75) is 50.4 Å². The number of imidazole rings is 1. The molecule has 1 aromatic heterocycles. The molecule has 0 aliphatic carbocycles. The van der Waals surface area contributed by atoms with Crippen LogP contribution < -0.4 is 33.2 Å². The largest absolute Gasteiger partial charge is 0.480 e. The minimum atomic E-state index is -1.69. The second kappa shape index (κ2) is 12.0. The number of nitrogens with zero attached hydrogens (tertiary/aromatic N) is 1. The van der Waals surface area contributed by atoms with E-state index >= 15 is 0 Å². The van der Waals surface area contributed by atoms with E-state index in [9.17, 15) is 28.8 Å². The Bertz CT molecular complexity index is 855. The van der Waals surface area contributed by atoms with Crippen LogP contribution in [-0.4, -0.2) is 74.7 Å². The van der Waals surface area contributed by atoms with Gasteiger partial charge in [-0.15, -0.1) is 0 Å². The highest BCUT2D eigenvalue weighted by Gasteiger charge is 2.31. The SMILES string of the molecule is CC(N)C(=O)NC(Cc1cnc[nH]1)C(=O)NC(CC(N)=O)C(=O)NC(CC(N)=O)C(=O)O. The van der Waals surface area contributed by atoms with Crippen molar-refractivity contribution < 1.29 is 33.9 Å². The molecule has 15 heteroatoms. The molecule has 4 atom stereocenters. The quantitative estimate of drug-likeness (QED) is 0.143. The Labute approximate surface area is 181 Å². The maximum absolute atomic E-state index is 12.8. The fourth-order valence-corrected chi connectivity index (χ4v) is 2.49. The number of hydrogen-bond donors (Lipinski definition) is 8. The summed E-state index contributed by atoms with van der Waals surface area (Å²) in [5, 5.41) is 15.8. The lowest BCUT2D eigenvalue weighted by Gasteiger charge is -2.24. The molecule has 0 spiro atoms. The Morgan fingerprint density at radius 2 is 1.44 bits per heavy atom. The molecular formula is C17H26N8O7. The Balaban J connectivity index is 3.03. The molecule has 11 N–H and O–H groups in total. The average Bonchev–Trinajstić information content (AvgIpc) is 3.18. The number of carboxylic acid groups (broad SMARTS) is 1. The third kappa shape index (κ3) is 8.78. The van der Waals surface area contributed by atoms with Crippen LogP contribution in [0.5, 0.6) is 0 Å². The zero-order valence-electron chi connectivity index (χ0n) is 17.2. The lowest BCUT2D eigenvalue weighted by Crippen LogP contribution is -2.58. The monoisotopic (exact) mass is 454 g/mol. The molecule has 4 unspecified atom stereocenters. The van der Waals surface area contributed by atoms with Crippen LogP contribution in [0.1, 0.15) is 25.5 Å². The lowest BCUT2D eigenvalue weighted by molar-refractivity contribution is -0.144. The van der Waals surface area contributed by atoms with Gasteiger partial charge in [0.05, 0.1) is 25.2 Å². The van der Waals surface area contributed by atoms with E-state index < -0.39 is 72.5 Å². The van der Waals surface area contributed by atoms with Gasteiger partial charge >= 0.3 is 5.97 Å². The van der Waals surface area contributed by atoms with Gasteiger partial charge in [0.2, 0.25) is 29.5 Å². The van der Waals surface area contributed by atoms with Crippen LogP contribution in [0.3, 0.4) is 0 Å². The first-order valence-electron chi connectivity index (χ1n) is 9.34. The van der Waals surface area contributed by atoms with E-state index in [4.69, 9.17) is 22.3 Å². The molecule has 32 heavy (non-hydrogen) atoms. The predicted molar refractivity (Wildman–Crippen MR) is 107 cm³/mol. The second-order valence-electron chi connectivity index (χ2n) is 6.93. The molecule has 0 radical (unpaired) electrons. The number of aromatic amines is 1. The van der Waals surface area contributed by atoms with Crippen molar-refractivity contribution in [1.29, 1.82) is 0 Å². The van der Waals surface area contributed by atoms with Gasteiger partial charge in [0.25, 0.3) is 0 Å². The summed E-state index contributed by atoms with van der Waals surface area (Å²) in [6, 6.07) is -5.45. The van der Waals surface area contributed by atoms with E-state index in [2.05, 4.69) is 20.6 Å². The first-order valence-corrected chi connectivity index (χ1v) is 9.34. The Hall–Kier alpha value is -4.01.